The van der Waals surface area contributed by atoms with Gasteiger partial charge in [0, 0.05) is 11.6 Å². The molecule has 0 fully saturated rings. The van der Waals surface area contributed by atoms with Crippen molar-refractivity contribution >= 4 is 42.9 Å². The summed E-state index contributed by atoms with van der Waals surface area (Å²) in [7, 11) is -1.95. The van der Waals surface area contributed by atoms with Crippen molar-refractivity contribution in [2.24, 2.45) is 0 Å². The summed E-state index contributed by atoms with van der Waals surface area (Å²) in [6.07, 6.45) is 0. The molecular weight excluding hydrogens is 316 g/mol. The van der Waals surface area contributed by atoms with Crippen LogP contribution in [0.25, 0.3) is 0 Å². The molecule has 0 saturated heterocycles. The first-order valence-electron chi connectivity index (χ1n) is 4.42. The van der Waals surface area contributed by atoms with E-state index in [0.717, 1.165) is 0 Å². The van der Waals surface area contributed by atoms with Gasteiger partial charge in [-0.3, -0.25) is 4.79 Å². The molecule has 1 aromatic heterocycles. The van der Waals surface area contributed by atoms with E-state index in [0.29, 0.717) is 9.35 Å². The Bertz CT molecular complexity index is 464. The number of ketones is 1. The van der Waals surface area contributed by atoms with E-state index >= 15 is 0 Å². The summed E-state index contributed by atoms with van der Waals surface area (Å²) in [5, 5.41) is 1.74. The zero-order chi connectivity index (χ0) is 12.2. The van der Waals surface area contributed by atoms with E-state index in [-0.39, 0.29) is 18.1 Å². The molecule has 16 heavy (non-hydrogen) atoms. The van der Waals surface area contributed by atoms with Crippen molar-refractivity contribution in [1.82, 2.24) is 0 Å². The summed E-state index contributed by atoms with van der Waals surface area (Å²) in [6, 6.07) is 1.72. The SMILES string of the molecule is COCCS(=O)(=O)CC(=O)c1sccc1Br. The highest BCUT2D eigenvalue weighted by Gasteiger charge is 2.20. The lowest BCUT2D eigenvalue weighted by atomic mass is 10.3. The van der Waals surface area contributed by atoms with Crippen LogP contribution in [0.15, 0.2) is 15.9 Å². The van der Waals surface area contributed by atoms with Crippen LogP contribution in [0.4, 0.5) is 0 Å². The van der Waals surface area contributed by atoms with Gasteiger partial charge in [0.1, 0.15) is 5.75 Å². The highest BCUT2D eigenvalue weighted by atomic mass is 79.9. The van der Waals surface area contributed by atoms with E-state index in [4.69, 9.17) is 0 Å². The summed E-state index contributed by atoms with van der Waals surface area (Å²) in [4.78, 5) is 12.1. The van der Waals surface area contributed by atoms with Crippen molar-refractivity contribution < 1.29 is 17.9 Å². The van der Waals surface area contributed by atoms with Crippen LogP contribution in [-0.2, 0) is 14.6 Å². The molecule has 0 aliphatic carbocycles. The molecular formula is C9H11BrO4S2. The minimum Gasteiger partial charge on any atom is -0.384 e. The van der Waals surface area contributed by atoms with Gasteiger partial charge < -0.3 is 4.74 Å². The van der Waals surface area contributed by atoms with Gasteiger partial charge in [-0.05, 0) is 27.4 Å². The minimum absolute atomic E-state index is 0.112. The molecule has 0 unspecified atom stereocenters. The number of carbonyl (C=O) groups is 1. The molecule has 0 aliphatic rings. The van der Waals surface area contributed by atoms with Crippen LogP contribution in [0.1, 0.15) is 9.67 Å². The van der Waals surface area contributed by atoms with E-state index in [1.54, 1.807) is 11.4 Å². The maximum atomic E-state index is 11.7. The van der Waals surface area contributed by atoms with Crippen LogP contribution in [0.2, 0.25) is 0 Å². The van der Waals surface area contributed by atoms with Gasteiger partial charge in [0.2, 0.25) is 0 Å². The van der Waals surface area contributed by atoms with Gasteiger partial charge in [0.25, 0.3) is 0 Å². The molecule has 0 bridgehead atoms. The molecule has 7 heteroatoms. The van der Waals surface area contributed by atoms with Crippen LogP contribution >= 0.6 is 27.3 Å². The van der Waals surface area contributed by atoms with Crippen molar-refractivity contribution in [2.45, 2.75) is 0 Å². The summed E-state index contributed by atoms with van der Waals surface area (Å²) < 4.78 is 28.3. The Morgan fingerprint density at radius 1 is 1.56 bits per heavy atom. The molecule has 0 atom stereocenters. The van der Waals surface area contributed by atoms with E-state index in [9.17, 15) is 13.2 Å². The number of rotatable bonds is 6. The Morgan fingerprint density at radius 2 is 2.25 bits per heavy atom. The Hall–Kier alpha value is -0.240. The lowest BCUT2D eigenvalue weighted by Gasteiger charge is -2.02. The Balaban J connectivity index is 2.68. The second-order valence-corrected chi connectivity index (χ2v) is 7.06. The Labute approximate surface area is 107 Å². The molecule has 0 saturated carbocycles. The summed E-state index contributed by atoms with van der Waals surface area (Å²) in [6.45, 7) is 0.112. The zero-order valence-corrected chi connectivity index (χ0v) is 11.8. The summed E-state index contributed by atoms with van der Waals surface area (Å²) in [5.41, 5.74) is 0. The minimum atomic E-state index is -3.37. The number of sulfone groups is 1. The van der Waals surface area contributed by atoms with E-state index in [1.165, 1.54) is 18.4 Å². The van der Waals surface area contributed by atoms with Crippen molar-refractivity contribution in [3.8, 4) is 0 Å². The predicted octanol–water partition coefficient (Wildman–Crippen LogP) is 1.75. The molecule has 1 aromatic rings. The van der Waals surface area contributed by atoms with Gasteiger partial charge in [-0.1, -0.05) is 0 Å². The van der Waals surface area contributed by atoms with Gasteiger partial charge in [0.05, 0.1) is 17.2 Å². The third-order valence-corrected chi connectivity index (χ3v) is 5.19. The molecule has 1 rings (SSSR count). The Morgan fingerprint density at radius 3 is 2.75 bits per heavy atom. The monoisotopic (exact) mass is 326 g/mol. The standard InChI is InChI=1S/C9H11BrO4S2/c1-14-3-5-16(12,13)6-8(11)9-7(10)2-4-15-9/h2,4H,3,5-6H2,1H3. The van der Waals surface area contributed by atoms with Crippen LogP contribution in [-0.4, -0.2) is 39.4 Å². The van der Waals surface area contributed by atoms with Crippen molar-refractivity contribution in [1.29, 1.82) is 0 Å². The van der Waals surface area contributed by atoms with E-state index in [2.05, 4.69) is 20.7 Å². The fraction of sp³-hybridized carbons (Fsp3) is 0.444. The summed E-state index contributed by atoms with van der Waals surface area (Å²) in [5.74, 6) is -0.966. The number of Topliss-reactive ketones (excluding diaryl/α,β-unsaturated/α-hetero) is 1. The number of ether oxygens (including phenoxy) is 1. The number of hydrogen-bond acceptors (Lipinski definition) is 5. The number of carbonyl (C=O) groups excluding carboxylic acids is 1. The normalized spacial score (nSPS) is 11.6. The Kier molecular flexibility index (Phi) is 5.10. The van der Waals surface area contributed by atoms with Crippen molar-refractivity contribution in [3.63, 3.8) is 0 Å². The van der Waals surface area contributed by atoms with Crippen LogP contribution < -0.4 is 0 Å². The predicted molar refractivity (Wildman–Crippen MR) is 66.9 cm³/mol. The topological polar surface area (TPSA) is 60.4 Å². The number of hydrogen-bond donors (Lipinski definition) is 0. The van der Waals surface area contributed by atoms with Crippen LogP contribution in [0.5, 0.6) is 0 Å². The highest BCUT2D eigenvalue weighted by Crippen LogP contribution is 2.23. The number of methoxy groups -OCH3 is 1. The molecule has 0 radical (unpaired) electrons. The molecule has 0 aromatic carbocycles. The van der Waals surface area contributed by atoms with E-state index < -0.39 is 15.6 Å². The average molecular weight is 327 g/mol. The molecule has 4 nitrogen and oxygen atoms in total. The van der Waals surface area contributed by atoms with Gasteiger partial charge in [-0.15, -0.1) is 11.3 Å². The average Bonchev–Trinajstić information content (AvgIpc) is 2.61. The summed E-state index contributed by atoms with van der Waals surface area (Å²) >= 11 is 4.43. The van der Waals surface area contributed by atoms with Crippen LogP contribution in [0.3, 0.4) is 0 Å². The lowest BCUT2D eigenvalue weighted by Crippen LogP contribution is -2.21. The first kappa shape index (κ1) is 13.8. The largest absolute Gasteiger partial charge is 0.384 e. The molecule has 0 spiro atoms. The van der Waals surface area contributed by atoms with Gasteiger partial charge in [-0.2, -0.15) is 0 Å². The second kappa shape index (κ2) is 5.90. The quantitative estimate of drug-likeness (QED) is 0.747. The fourth-order valence-electron chi connectivity index (χ4n) is 1.04. The van der Waals surface area contributed by atoms with Crippen molar-refractivity contribution in [2.75, 3.05) is 25.2 Å². The van der Waals surface area contributed by atoms with Crippen molar-refractivity contribution in [3.05, 3.63) is 20.8 Å². The zero-order valence-electron chi connectivity index (χ0n) is 8.60. The van der Waals surface area contributed by atoms with Gasteiger partial charge in [-0.25, -0.2) is 8.42 Å². The first-order chi connectivity index (χ1) is 7.46. The van der Waals surface area contributed by atoms with E-state index in [1.807, 2.05) is 0 Å². The number of thiophene rings is 1. The second-order valence-electron chi connectivity index (χ2n) is 3.11. The third-order valence-electron chi connectivity index (χ3n) is 1.82. The fourth-order valence-corrected chi connectivity index (χ4v) is 3.77. The lowest BCUT2D eigenvalue weighted by molar-refractivity contribution is 0.102. The highest BCUT2D eigenvalue weighted by molar-refractivity contribution is 9.10. The molecule has 90 valence electrons. The molecule has 0 amide bonds. The third kappa shape index (κ3) is 3.97. The van der Waals surface area contributed by atoms with Crippen LogP contribution in [0, 0.1) is 0 Å². The molecule has 0 N–H and O–H groups in total. The van der Waals surface area contributed by atoms with Gasteiger partial charge in [0.15, 0.2) is 15.6 Å². The first-order valence-corrected chi connectivity index (χ1v) is 7.91. The maximum absolute atomic E-state index is 11.7. The maximum Gasteiger partial charge on any atom is 0.188 e. The van der Waals surface area contributed by atoms with Gasteiger partial charge >= 0.3 is 0 Å². The molecule has 1 heterocycles. The smallest absolute Gasteiger partial charge is 0.188 e. The number of halogens is 1. The molecule has 0 aliphatic heterocycles.